The molecular weight excluding hydrogens is 1400 g/mol. The van der Waals surface area contributed by atoms with Crippen LogP contribution in [0.2, 0.25) is 15.1 Å². The lowest BCUT2D eigenvalue weighted by molar-refractivity contribution is -0.254. The lowest BCUT2D eigenvalue weighted by Gasteiger charge is -2.44. The van der Waals surface area contributed by atoms with E-state index in [2.05, 4.69) is 0 Å². The molecule has 3 fully saturated rings. The first-order valence-corrected chi connectivity index (χ1v) is 34.0. The van der Waals surface area contributed by atoms with Crippen LogP contribution < -0.4 is 14.2 Å². The van der Waals surface area contributed by atoms with E-state index in [9.17, 15) is 60.0 Å². The Morgan fingerprint density at radius 3 is 1.02 bits per heavy atom. The van der Waals surface area contributed by atoms with Crippen LogP contribution in [-0.2, 0) is 71.6 Å². The predicted molar refractivity (Wildman–Crippen MR) is 374 cm³/mol. The van der Waals surface area contributed by atoms with Crippen LogP contribution in [0.15, 0.2) is 127 Å². The number of hydrogen-bond acceptors (Lipinski definition) is 24. The fourth-order valence-electron chi connectivity index (χ4n) is 11.2. The molecule has 0 aromatic heterocycles. The van der Waals surface area contributed by atoms with Crippen molar-refractivity contribution in [1.29, 1.82) is 0 Å². The second-order valence-electron chi connectivity index (χ2n) is 24.0. The zero-order chi connectivity index (χ0) is 74.2. The van der Waals surface area contributed by atoms with Crippen molar-refractivity contribution in [3.63, 3.8) is 0 Å². The minimum atomic E-state index is -1.42. The SMILES string of the molecule is CCOc1ccc(Cc2cc([C@@H]3O[C@H](CO)[C@@H](O)[C@H](O)[C@H]3O)ccc2Cl)cc1.CCOc1ccc(Cc2cc([C@@H]3O[C@H](CO)[C@@H](O)[C@H](O)[C@H]3O)ccc2Cl)cc1.CCOc1ccc(Cc2cc([C@@H]3O[C@H](COC(C)=O)[C@@H](OC(C)=O)[C@H](OC(C)=O)[C@H]3OC(C)=O)ccc2Cl)cc1.C[C@H](O)CO.O. The van der Waals surface area contributed by atoms with Crippen molar-refractivity contribution in [3.8, 4) is 17.2 Å². The van der Waals surface area contributed by atoms with Crippen molar-refractivity contribution in [2.24, 2.45) is 0 Å². The molecule has 28 heteroatoms. The zero-order valence-electron chi connectivity index (χ0n) is 57.8. The summed E-state index contributed by atoms with van der Waals surface area (Å²) in [6.45, 7) is 12.5. The molecule has 0 spiro atoms. The van der Waals surface area contributed by atoms with E-state index < -0.39 is 135 Å². The first-order chi connectivity index (χ1) is 48.1. The second kappa shape index (κ2) is 42.0. The Morgan fingerprint density at radius 1 is 0.422 bits per heavy atom. The highest BCUT2D eigenvalue weighted by Crippen LogP contribution is 2.41. The maximum absolute atomic E-state index is 12.2. The number of carbonyl (C=O) groups excluding carboxylic acids is 4. The summed E-state index contributed by atoms with van der Waals surface area (Å²) in [6, 6.07) is 38.7. The van der Waals surface area contributed by atoms with Gasteiger partial charge < -0.3 is 104 Å². The fraction of sp³-hybridized carbons (Fsp3) is 0.459. The number of rotatable bonds is 23. The van der Waals surface area contributed by atoms with Gasteiger partial charge in [0.2, 0.25) is 0 Å². The van der Waals surface area contributed by atoms with Gasteiger partial charge in [0, 0.05) is 42.8 Å². The van der Waals surface area contributed by atoms with E-state index in [1.165, 1.54) is 34.6 Å². The monoisotopic (exact) mass is 1490 g/mol. The third-order valence-electron chi connectivity index (χ3n) is 16.1. The van der Waals surface area contributed by atoms with Crippen LogP contribution >= 0.6 is 34.8 Å². The molecule has 0 bridgehead atoms. The van der Waals surface area contributed by atoms with Gasteiger partial charge in [0.15, 0.2) is 18.3 Å². The zero-order valence-corrected chi connectivity index (χ0v) is 60.0. The average Bonchev–Trinajstić information content (AvgIpc) is 0.777. The van der Waals surface area contributed by atoms with E-state index in [0.29, 0.717) is 70.8 Å². The number of ether oxygens (including phenoxy) is 10. The third kappa shape index (κ3) is 24.8. The van der Waals surface area contributed by atoms with Gasteiger partial charge in [0.25, 0.3) is 0 Å². The van der Waals surface area contributed by atoms with Crippen molar-refractivity contribution in [3.05, 3.63) is 193 Å². The number of aliphatic hydroxyl groups is 10. The van der Waals surface area contributed by atoms with Gasteiger partial charge in [0.1, 0.15) is 97.1 Å². The molecule has 0 amide bonds. The van der Waals surface area contributed by atoms with Gasteiger partial charge in [-0.15, -0.1) is 0 Å². The smallest absolute Gasteiger partial charge is 0.303 e. The first kappa shape index (κ1) is 85.6. The molecule has 0 radical (unpaired) electrons. The number of hydrogen-bond donors (Lipinski definition) is 10. The molecule has 3 aliphatic rings. The molecule has 560 valence electrons. The van der Waals surface area contributed by atoms with Crippen LogP contribution in [0.3, 0.4) is 0 Å². The van der Waals surface area contributed by atoms with Crippen LogP contribution in [0.1, 0.15) is 124 Å². The Morgan fingerprint density at radius 2 is 0.725 bits per heavy atom. The summed E-state index contributed by atoms with van der Waals surface area (Å²) in [5, 5.41) is 97.0. The molecule has 25 nitrogen and oxygen atoms in total. The minimum Gasteiger partial charge on any atom is -0.494 e. The molecule has 0 unspecified atom stereocenters. The molecule has 9 rings (SSSR count). The Labute approximate surface area is 607 Å². The van der Waals surface area contributed by atoms with E-state index in [1.807, 2.05) is 106 Å². The molecule has 6 aromatic carbocycles. The maximum atomic E-state index is 12.2. The Bertz CT molecular complexity index is 3430. The largest absolute Gasteiger partial charge is 0.494 e. The van der Waals surface area contributed by atoms with Gasteiger partial charge >= 0.3 is 23.9 Å². The van der Waals surface area contributed by atoms with Crippen LogP contribution in [0.4, 0.5) is 0 Å². The molecule has 16 atom stereocenters. The highest BCUT2D eigenvalue weighted by Gasteiger charge is 2.53. The molecular formula is C74H93Cl3O25. The summed E-state index contributed by atoms with van der Waals surface area (Å²) in [4.78, 5) is 47.8. The number of carbonyl (C=O) groups is 4. The van der Waals surface area contributed by atoms with Gasteiger partial charge in [-0.3, -0.25) is 19.2 Å². The van der Waals surface area contributed by atoms with Gasteiger partial charge in [-0.25, -0.2) is 0 Å². The molecule has 102 heavy (non-hydrogen) atoms. The minimum absolute atomic E-state index is 0. The molecule has 3 heterocycles. The molecule has 6 aromatic rings. The van der Waals surface area contributed by atoms with Crippen LogP contribution in [-0.4, -0.2) is 206 Å². The van der Waals surface area contributed by atoms with Gasteiger partial charge in [-0.1, -0.05) is 108 Å². The summed E-state index contributed by atoms with van der Waals surface area (Å²) >= 11 is 19.2. The number of aliphatic hydroxyl groups excluding tert-OH is 10. The highest BCUT2D eigenvalue weighted by molar-refractivity contribution is 6.32. The number of esters is 4. The van der Waals surface area contributed by atoms with Gasteiger partial charge in [-0.05, 0) is 152 Å². The molecule has 0 aliphatic carbocycles. The summed E-state index contributed by atoms with van der Waals surface area (Å²) in [5.74, 6) is -0.291. The Balaban J connectivity index is 0.000000270. The fourth-order valence-corrected chi connectivity index (χ4v) is 11.8. The Hall–Kier alpha value is -7.09. The number of benzene rings is 6. The summed E-state index contributed by atoms with van der Waals surface area (Å²) in [6.07, 6.45) is -16.6. The van der Waals surface area contributed by atoms with Crippen LogP contribution in [0, 0.1) is 0 Å². The predicted octanol–water partition coefficient (Wildman–Crippen LogP) is 6.35. The van der Waals surface area contributed by atoms with Crippen molar-refractivity contribution in [2.75, 3.05) is 46.2 Å². The van der Waals surface area contributed by atoms with Gasteiger partial charge in [0.05, 0.1) is 45.7 Å². The Kier molecular flexibility index (Phi) is 35.2. The maximum Gasteiger partial charge on any atom is 0.303 e. The van der Waals surface area contributed by atoms with E-state index >= 15 is 0 Å². The molecule has 3 saturated heterocycles. The average molecular weight is 1490 g/mol. The number of halogens is 3. The van der Waals surface area contributed by atoms with Crippen LogP contribution in [0.5, 0.6) is 17.2 Å². The highest BCUT2D eigenvalue weighted by atomic mass is 35.5. The molecule has 0 saturated carbocycles. The van der Waals surface area contributed by atoms with E-state index in [4.69, 9.17) is 92.4 Å². The molecule has 12 N–H and O–H groups in total. The second-order valence-corrected chi connectivity index (χ2v) is 25.2. The summed E-state index contributed by atoms with van der Waals surface area (Å²) in [7, 11) is 0. The topological polar surface area (TPSA) is 394 Å². The van der Waals surface area contributed by atoms with Crippen LogP contribution in [0.25, 0.3) is 0 Å². The normalized spacial score (nSPS) is 24.5. The summed E-state index contributed by atoms with van der Waals surface area (Å²) < 4.78 is 55.7. The van der Waals surface area contributed by atoms with Gasteiger partial charge in [-0.2, -0.15) is 0 Å². The summed E-state index contributed by atoms with van der Waals surface area (Å²) in [5.41, 5.74) is 7.26. The quantitative estimate of drug-likeness (QED) is 0.0247. The first-order valence-electron chi connectivity index (χ1n) is 32.8. The van der Waals surface area contributed by atoms with E-state index in [-0.39, 0.29) is 18.7 Å². The van der Waals surface area contributed by atoms with Crippen molar-refractivity contribution < 1.29 is 123 Å². The van der Waals surface area contributed by atoms with Crippen molar-refractivity contribution >= 4 is 58.7 Å². The standard InChI is InChI=1S/C29H33ClO10.2C21H25ClO6.C3H8O2.H2O/c1-6-35-23-10-7-20(8-11-23)13-22-14-21(9-12-24(22)30)26-28(38-18(4)33)29(39-19(5)34)27(37-17(3)32)25(40-26)15-36-16(2)31;2*1-2-27-15-6-3-12(4-7-15)9-14-10-13(5-8-16(14)22)21-20(26)19(25)18(24)17(11-23)28-21;1-3(5)2-4;/h7-12,14,25-29H,6,13,15H2,1-5H3;2*3-8,10,17-21,23-26H,2,9,11H2,1H3;3-5H,2H2,1H3;1H2/t25-,26+,27-,28+,29+;2*17-,18-,19+,20-,21+;3-;/m1110./s1. The van der Waals surface area contributed by atoms with E-state index in [0.717, 1.165) is 50.6 Å². The van der Waals surface area contributed by atoms with Crippen molar-refractivity contribution in [1.82, 2.24) is 0 Å². The lowest BCUT2D eigenvalue weighted by Crippen LogP contribution is -2.59. The lowest BCUT2D eigenvalue weighted by atomic mass is 9.89. The molecule has 3 aliphatic heterocycles. The van der Waals surface area contributed by atoms with Crippen molar-refractivity contribution in [2.45, 2.75) is 172 Å². The van der Waals surface area contributed by atoms with E-state index in [1.54, 1.807) is 42.5 Å². The third-order valence-corrected chi connectivity index (χ3v) is 17.2.